The summed E-state index contributed by atoms with van der Waals surface area (Å²) in [6.07, 6.45) is -3.82. The molecule has 0 aromatic carbocycles. The summed E-state index contributed by atoms with van der Waals surface area (Å²) in [6, 6.07) is 1.81. The largest absolute Gasteiger partial charge is 0.417 e. The van der Waals surface area contributed by atoms with Gasteiger partial charge in [-0.25, -0.2) is 0 Å². The standard InChI is InChI=1S/C8H5ClF3NO/c9-3-7(14)6-2-1-5(4-13-6)8(10,11)12/h1-2,4H,3H2. The van der Waals surface area contributed by atoms with E-state index in [1.807, 2.05) is 0 Å². The molecular formula is C8H5ClF3NO. The van der Waals surface area contributed by atoms with Gasteiger partial charge in [0.05, 0.1) is 11.4 Å². The monoisotopic (exact) mass is 223 g/mol. The van der Waals surface area contributed by atoms with Crippen LogP contribution in [0.4, 0.5) is 13.2 Å². The lowest BCUT2D eigenvalue weighted by atomic mass is 10.2. The number of alkyl halides is 4. The molecule has 76 valence electrons. The second-order valence-electron chi connectivity index (χ2n) is 2.49. The molecule has 0 aliphatic heterocycles. The Balaban J connectivity index is 2.95. The Hall–Kier alpha value is -1.10. The molecule has 0 unspecified atom stereocenters. The summed E-state index contributed by atoms with van der Waals surface area (Å²) in [4.78, 5) is 14.3. The van der Waals surface area contributed by atoms with Crippen LogP contribution in [0.3, 0.4) is 0 Å². The summed E-state index contributed by atoms with van der Waals surface area (Å²) in [5, 5.41) is 0. The van der Waals surface area contributed by atoms with Crippen molar-refractivity contribution in [3.8, 4) is 0 Å². The number of pyridine rings is 1. The summed E-state index contributed by atoms with van der Waals surface area (Å²) in [6.45, 7) is 0. The molecule has 0 radical (unpaired) electrons. The molecule has 0 N–H and O–H groups in total. The highest BCUT2D eigenvalue weighted by atomic mass is 35.5. The second-order valence-corrected chi connectivity index (χ2v) is 2.75. The number of carbonyl (C=O) groups is 1. The van der Waals surface area contributed by atoms with Gasteiger partial charge in [-0.15, -0.1) is 11.6 Å². The second kappa shape index (κ2) is 3.96. The molecule has 0 saturated heterocycles. The Morgan fingerprint density at radius 3 is 2.43 bits per heavy atom. The van der Waals surface area contributed by atoms with Gasteiger partial charge in [-0.1, -0.05) is 0 Å². The minimum atomic E-state index is -4.43. The minimum absolute atomic E-state index is 0.0620. The van der Waals surface area contributed by atoms with Crippen LogP contribution in [0.1, 0.15) is 16.1 Å². The Bertz CT molecular complexity index is 333. The van der Waals surface area contributed by atoms with Gasteiger partial charge in [0.2, 0.25) is 0 Å². The Morgan fingerprint density at radius 1 is 1.43 bits per heavy atom. The van der Waals surface area contributed by atoms with Crippen LogP contribution in [0, 0.1) is 0 Å². The first-order chi connectivity index (χ1) is 6.45. The van der Waals surface area contributed by atoms with Gasteiger partial charge in [0.25, 0.3) is 0 Å². The van der Waals surface area contributed by atoms with E-state index in [0.29, 0.717) is 6.20 Å². The van der Waals surface area contributed by atoms with Crippen molar-refractivity contribution in [2.45, 2.75) is 6.18 Å². The zero-order chi connectivity index (χ0) is 10.8. The fourth-order valence-corrected chi connectivity index (χ4v) is 0.932. The number of halogens is 4. The summed E-state index contributed by atoms with van der Waals surface area (Å²) in [5.74, 6) is -0.793. The lowest BCUT2D eigenvalue weighted by Crippen LogP contribution is -2.08. The molecule has 0 aliphatic carbocycles. The molecule has 0 saturated carbocycles. The predicted molar refractivity (Wildman–Crippen MR) is 44.3 cm³/mol. The first kappa shape index (κ1) is 11.0. The van der Waals surface area contributed by atoms with E-state index in [-0.39, 0.29) is 11.6 Å². The lowest BCUT2D eigenvalue weighted by molar-refractivity contribution is -0.137. The van der Waals surface area contributed by atoms with Crippen LogP contribution >= 0.6 is 11.6 Å². The van der Waals surface area contributed by atoms with Crippen molar-refractivity contribution in [1.29, 1.82) is 0 Å². The van der Waals surface area contributed by atoms with Crippen molar-refractivity contribution >= 4 is 17.4 Å². The number of hydrogen-bond donors (Lipinski definition) is 0. The molecule has 1 heterocycles. The van der Waals surface area contributed by atoms with Crippen molar-refractivity contribution < 1.29 is 18.0 Å². The van der Waals surface area contributed by atoms with Crippen LogP contribution in [-0.2, 0) is 6.18 Å². The molecule has 0 amide bonds. The highest BCUT2D eigenvalue weighted by molar-refractivity contribution is 6.30. The molecule has 0 fully saturated rings. The maximum Gasteiger partial charge on any atom is 0.417 e. The molecule has 6 heteroatoms. The smallest absolute Gasteiger partial charge is 0.291 e. The molecule has 1 aromatic rings. The molecular weight excluding hydrogens is 219 g/mol. The fourth-order valence-electron chi connectivity index (χ4n) is 0.795. The quantitative estimate of drug-likeness (QED) is 0.570. The highest BCUT2D eigenvalue weighted by Gasteiger charge is 2.30. The van der Waals surface area contributed by atoms with E-state index < -0.39 is 17.5 Å². The summed E-state index contributed by atoms with van der Waals surface area (Å²) < 4.78 is 36.2. The lowest BCUT2D eigenvalue weighted by Gasteiger charge is -2.05. The number of rotatable bonds is 2. The third-order valence-electron chi connectivity index (χ3n) is 1.50. The van der Waals surface area contributed by atoms with Gasteiger partial charge in [0.1, 0.15) is 5.69 Å². The highest BCUT2D eigenvalue weighted by Crippen LogP contribution is 2.28. The van der Waals surface area contributed by atoms with Gasteiger partial charge < -0.3 is 0 Å². The van der Waals surface area contributed by atoms with Gasteiger partial charge in [-0.05, 0) is 12.1 Å². The predicted octanol–water partition coefficient (Wildman–Crippen LogP) is 2.52. The topological polar surface area (TPSA) is 30.0 Å². The number of ketones is 1. The SMILES string of the molecule is O=C(CCl)c1ccc(C(F)(F)F)cn1. The van der Waals surface area contributed by atoms with Crippen molar-refractivity contribution in [2.75, 3.05) is 5.88 Å². The van der Waals surface area contributed by atoms with Crippen LogP contribution in [0.15, 0.2) is 18.3 Å². The summed E-state index contributed by atoms with van der Waals surface area (Å²) in [5.41, 5.74) is -0.948. The van der Waals surface area contributed by atoms with Gasteiger partial charge in [0, 0.05) is 6.20 Å². The van der Waals surface area contributed by atoms with E-state index in [4.69, 9.17) is 11.6 Å². The number of hydrogen-bond acceptors (Lipinski definition) is 2. The molecule has 2 nitrogen and oxygen atoms in total. The van der Waals surface area contributed by atoms with Gasteiger partial charge in [-0.3, -0.25) is 9.78 Å². The number of carbonyl (C=O) groups excluding carboxylic acids is 1. The van der Waals surface area contributed by atoms with Crippen LogP contribution < -0.4 is 0 Å². The maximum atomic E-state index is 12.1. The average Bonchev–Trinajstić information content (AvgIpc) is 2.15. The molecule has 0 aliphatic rings. The molecule has 0 bridgehead atoms. The van der Waals surface area contributed by atoms with E-state index >= 15 is 0 Å². The van der Waals surface area contributed by atoms with Crippen LogP contribution in [0.5, 0.6) is 0 Å². The van der Waals surface area contributed by atoms with E-state index in [1.165, 1.54) is 0 Å². The van der Waals surface area contributed by atoms with Crippen LogP contribution in [0.25, 0.3) is 0 Å². The van der Waals surface area contributed by atoms with Gasteiger partial charge in [0.15, 0.2) is 5.78 Å². The number of nitrogens with zero attached hydrogens (tertiary/aromatic N) is 1. The van der Waals surface area contributed by atoms with Crippen LogP contribution in [-0.4, -0.2) is 16.6 Å². The molecule has 1 rings (SSSR count). The summed E-state index contributed by atoms with van der Waals surface area (Å²) in [7, 11) is 0. The van der Waals surface area contributed by atoms with E-state index in [0.717, 1.165) is 12.1 Å². The fraction of sp³-hybridized carbons (Fsp3) is 0.250. The Kier molecular flexibility index (Phi) is 3.10. The van der Waals surface area contributed by atoms with Crippen LogP contribution in [0.2, 0.25) is 0 Å². The zero-order valence-electron chi connectivity index (χ0n) is 6.81. The third kappa shape index (κ3) is 2.45. The molecule has 0 atom stereocenters. The van der Waals surface area contributed by atoms with Gasteiger partial charge in [-0.2, -0.15) is 13.2 Å². The molecule has 1 aromatic heterocycles. The van der Waals surface area contributed by atoms with E-state index in [1.54, 1.807) is 0 Å². The maximum absolute atomic E-state index is 12.1. The first-order valence-electron chi connectivity index (χ1n) is 3.57. The zero-order valence-corrected chi connectivity index (χ0v) is 7.56. The molecule has 0 spiro atoms. The molecule has 14 heavy (non-hydrogen) atoms. The Morgan fingerprint density at radius 2 is 2.07 bits per heavy atom. The number of aromatic nitrogens is 1. The normalized spacial score (nSPS) is 11.4. The number of Topliss-reactive ketones (excluding diaryl/α,β-unsaturated/α-hetero) is 1. The van der Waals surface area contributed by atoms with Gasteiger partial charge >= 0.3 is 6.18 Å². The third-order valence-corrected chi connectivity index (χ3v) is 1.74. The van der Waals surface area contributed by atoms with Crippen molar-refractivity contribution in [3.05, 3.63) is 29.6 Å². The first-order valence-corrected chi connectivity index (χ1v) is 4.11. The van der Waals surface area contributed by atoms with Crippen molar-refractivity contribution in [1.82, 2.24) is 4.98 Å². The Labute approximate surface area is 82.7 Å². The van der Waals surface area contributed by atoms with E-state index in [9.17, 15) is 18.0 Å². The average molecular weight is 224 g/mol. The minimum Gasteiger partial charge on any atom is -0.291 e. The van der Waals surface area contributed by atoms with E-state index in [2.05, 4.69) is 4.98 Å². The van der Waals surface area contributed by atoms with Crippen molar-refractivity contribution in [3.63, 3.8) is 0 Å². The van der Waals surface area contributed by atoms with Crippen molar-refractivity contribution in [2.24, 2.45) is 0 Å². The summed E-state index contributed by atoms with van der Waals surface area (Å²) >= 11 is 5.20.